The van der Waals surface area contributed by atoms with Gasteiger partial charge >= 0.3 is 0 Å². The number of methoxy groups -OCH3 is 2. The van der Waals surface area contributed by atoms with Gasteiger partial charge in [0, 0.05) is 23.1 Å². The average Bonchev–Trinajstić information content (AvgIpc) is 2.72. The van der Waals surface area contributed by atoms with Gasteiger partial charge < -0.3 is 9.47 Å². The molecule has 0 bridgehead atoms. The maximum absolute atomic E-state index is 6.35. The number of rotatable bonds is 5. The SMILES string of the molecule is COc1cc2c(cc1OC)[C@@H](c1cccc(Cl)c1)N(Cc1cccc(Cl)c1)CC2. The molecule has 0 aliphatic carbocycles. The largest absolute Gasteiger partial charge is 0.493 e. The van der Waals surface area contributed by atoms with Crippen molar-refractivity contribution in [3.05, 3.63) is 93.0 Å². The van der Waals surface area contributed by atoms with Gasteiger partial charge in [0.1, 0.15) is 0 Å². The third kappa shape index (κ3) is 4.23. The summed E-state index contributed by atoms with van der Waals surface area (Å²) in [5, 5.41) is 1.49. The predicted molar refractivity (Wildman–Crippen MR) is 118 cm³/mol. The second-order valence-electron chi connectivity index (χ2n) is 7.21. The first-order valence-electron chi connectivity index (χ1n) is 9.58. The fourth-order valence-corrected chi connectivity index (χ4v) is 4.52. The summed E-state index contributed by atoms with van der Waals surface area (Å²) in [5.74, 6) is 1.50. The monoisotopic (exact) mass is 427 g/mol. The van der Waals surface area contributed by atoms with E-state index in [1.807, 2.05) is 36.4 Å². The fraction of sp³-hybridized carbons (Fsp3) is 0.250. The molecule has 29 heavy (non-hydrogen) atoms. The molecular weight excluding hydrogens is 405 g/mol. The third-order valence-corrected chi connectivity index (χ3v) is 5.88. The summed E-state index contributed by atoms with van der Waals surface area (Å²) >= 11 is 12.6. The molecule has 0 N–H and O–H groups in total. The van der Waals surface area contributed by atoms with E-state index < -0.39 is 0 Å². The van der Waals surface area contributed by atoms with Crippen molar-refractivity contribution < 1.29 is 9.47 Å². The van der Waals surface area contributed by atoms with Gasteiger partial charge in [-0.25, -0.2) is 0 Å². The predicted octanol–water partition coefficient (Wildman–Crippen LogP) is 6.16. The molecule has 1 atom stereocenters. The van der Waals surface area contributed by atoms with E-state index in [0.29, 0.717) is 0 Å². The molecule has 3 aromatic carbocycles. The Kier molecular flexibility index (Phi) is 6.00. The van der Waals surface area contributed by atoms with E-state index in [0.717, 1.165) is 46.6 Å². The number of ether oxygens (including phenoxy) is 2. The number of fused-ring (bicyclic) bond motifs is 1. The summed E-state index contributed by atoms with van der Waals surface area (Å²) in [6.45, 7) is 1.72. The maximum Gasteiger partial charge on any atom is 0.161 e. The van der Waals surface area contributed by atoms with Gasteiger partial charge in [-0.05, 0) is 65.1 Å². The molecule has 0 radical (unpaired) electrons. The molecule has 0 unspecified atom stereocenters. The van der Waals surface area contributed by atoms with Gasteiger partial charge in [-0.1, -0.05) is 47.5 Å². The lowest BCUT2D eigenvalue weighted by Crippen LogP contribution is -2.35. The number of hydrogen-bond acceptors (Lipinski definition) is 3. The molecule has 0 fully saturated rings. The molecule has 0 saturated heterocycles. The van der Waals surface area contributed by atoms with Crippen LogP contribution in [0.5, 0.6) is 11.5 Å². The zero-order chi connectivity index (χ0) is 20.4. The van der Waals surface area contributed by atoms with Crippen LogP contribution in [0.1, 0.15) is 28.3 Å². The van der Waals surface area contributed by atoms with Crippen LogP contribution < -0.4 is 9.47 Å². The van der Waals surface area contributed by atoms with Crippen molar-refractivity contribution in [2.45, 2.75) is 19.0 Å². The van der Waals surface area contributed by atoms with Crippen molar-refractivity contribution in [2.75, 3.05) is 20.8 Å². The molecule has 1 aliphatic heterocycles. The highest BCUT2D eigenvalue weighted by Crippen LogP contribution is 2.42. The standard InChI is InChI=1S/C24H23Cl2NO2/c1-28-22-13-17-9-10-27(15-16-5-3-7-19(25)11-16)24(21(17)14-23(22)29-2)18-6-4-8-20(26)12-18/h3-8,11-14,24H,9-10,15H2,1-2H3/t24-/m1/s1. The molecule has 1 heterocycles. The van der Waals surface area contributed by atoms with Crippen LogP contribution in [0.15, 0.2) is 60.7 Å². The first-order valence-corrected chi connectivity index (χ1v) is 10.3. The molecule has 3 aromatic rings. The lowest BCUT2D eigenvalue weighted by molar-refractivity contribution is 0.203. The smallest absolute Gasteiger partial charge is 0.161 e. The Balaban J connectivity index is 1.80. The first-order chi connectivity index (χ1) is 14.1. The molecular formula is C24H23Cl2NO2. The van der Waals surface area contributed by atoms with Crippen LogP contribution in [0.25, 0.3) is 0 Å². The molecule has 1 aliphatic rings. The fourth-order valence-electron chi connectivity index (χ4n) is 4.10. The van der Waals surface area contributed by atoms with Gasteiger partial charge in [-0.2, -0.15) is 0 Å². The van der Waals surface area contributed by atoms with E-state index in [2.05, 4.69) is 29.2 Å². The summed E-state index contributed by atoms with van der Waals surface area (Å²) in [5.41, 5.74) is 4.84. The summed E-state index contributed by atoms with van der Waals surface area (Å²) in [4.78, 5) is 2.46. The molecule has 4 rings (SSSR count). The van der Waals surface area contributed by atoms with Crippen molar-refractivity contribution in [1.29, 1.82) is 0 Å². The van der Waals surface area contributed by atoms with Crippen molar-refractivity contribution in [3.63, 3.8) is 0 Å². The zero-order valence-electron chi connectivity index (χ0n) is 16.5. The maximum atomic E-state index is 6.35. The molecule has 0 amide bonds. The quantitative estimate of drug-likeness (QED) is 0.486. The van der Waals surface area contributed by atoms with E-state index in [4.69, 9.17) is 32.7 Å². The van der Waals surface area contributed by atoms with Gasteiger partial charge in [0.25, 0.3) is 0 Å². The van der Waals surface area contributed by atoms with Crippen molar-refractivity contribution in [2.24, 2.45) is 0 Å². The van der Waals surface area contributed by atoms with Crippen molar-refractivity contribution in [1.82, 2.24) is 4.90 Å². The number of hydrogen-bond donors (Lipinski definition) is 0. The van der Waals surface area contributed by atoms with E-state index in [9.17, 15) is 0 Å². The Labute approximate surface area is 181 Å². The third-order valence-electron chi connectivity index (χ3n) is 5.41. The minimum atomic E-state index is 0.0660. The van der Waals surface area contributed by atoms with E-state index in [1.54, 1.807) is 14.2 Å². The second kappa shape index (κ2) is 8.66. The van der Waals surface area contributed by atoms with Gasteiger partial charge in [0.15, 0.2) is 11.5 Å². The summed E-state index contributed by atoms with van der Waals surface area (Å²) in [6, 6.07) is 20.4. The van der Waals surface area contributed by atoms with Crippen LogP contribution in [0.2, 0.25) is 10.0 Å². The Morgan fingerprint density at radius 2 is 1.59 bits per heavy atom. The molecule has 0 saturated carbocycles. The highest BCUT2D eigenvalue weighted by molar-refractivity contribution is 6.30. The number of halogens is 2. The summed E-state index contributed by atoms with van der Waals surface area (Å²) in [6.07, 6.45) is 0.938. The van der Waals surface area contributed by atoms with Crippen molar-refractivity contribution in [3.8, 4) is 11.5 Å². The van der Waals surface area contributed by atoms with Crippen LogP contribution in [-0.2, 0) is 13.0 Å². The number of benzene rings is 3. The highest BCUT2D eigenvalue weighted by Gasteiger charge is 2.30. The average molecular weight is 428 g/mol. The lowest BCUT2D eigenvalue weighted by atomic mass is 9.87. The van der Waals surface area contributed by atoms with Crippen LogP contribution in [0.3, 0.4) is 0 Å². The van der Waals surface area contributed by atoms with Crippen molar-refractivity contribution >= 4 is 23.2 Å². The minimum Gasteiger partial charge on any atom is -0.493 e. The summed E-state index contributed by atoms with van der Waals surface area (Å²) in [7, 11) is 3.35. The van der Waals surface area contributed by atoms with Crippen LogP contribution >= 0.6 is 23.2 Å². The minimum absolute atomic E-state index is 0.0660. The molecule has 5 heteroatoms. The molecule has 0 aromatic heterocycles. The van der Waals surface area contributed by atoms with Gasteiger partial charge in [-0.3, -0.25) is 4.90 Å². The topological polar surface area (TPSA) is 21.7 Å². The van der Waals surface area contributed by atoms with Crippen LogP contribution in [0.4, 0.5) is 0 Å². The normalized spacial score (nSPS) is 16.3. The lowest BCUT2D eigenvalue weighted by Gasteiger charge is -2.38. The Morgan fingerprint density at radius 3 is 2.28 bits per heavy atom. The summed E-state index contributed by atoms with van der Waals surface area (Å²) < 4.78 is 11.1. The van der Waals surface area contributed by atoms with E-state index in [1.165, 1.54) is 16.7 Å². The van der Waals surface area contributed by atoms with Gasteiger partial charge in [-0.15, -0.1) is 0 Å². The van der Waals surface area contributed by atoms with E-state index in [-0.39, 0.29) is 6.04 Å². The Bertz CT molecular complexity index is 1020. The van der Waals surface area contributed by atoms with Gasteiger partial charge in [0.2, 0.25) is 0 Å². The number of nitrogens with zero attached hydrogens (tertiary/aromatic N) is 1. The molecule has 0 spiro atoms. The van der Waals surface area contributed by atoms with Crippen LogP contribution in [0, 0.1) is 0 Å². The Hall–Kier alpha value is -2.20. The zero-order valence-corrected chi connectivity index (χ0v) is 18.0. The Morgan fingerprint density at radius 1 is 0.897 bits per heavy atom. The first kappa shape index (κ1) is 20.1. The second-order valence-corrected chi connectivity index (χ2v) is 8.09. The van der Waals surface area contributed by atoms with Crippen LogP contribution in [-0.4, -0.2) is 25.7 Å². The molecule has 150 valence electrons. The van der Waals surface area contributed by atoms with Gasteiger partial charge in [0.05, 0.1) is 20.3 Å². The van der Waals surface area contributed by atoms with E-state index >= 15 is 0 Å². The highest BCUT2D eigenvalue weighted by atomic mass is 35.5. The molecule has 3 nitrogen and oxygen atoms in total.